The standard InChI is InChI=1S/C16H21ClO5S2/c1-3-11-9-15(24(21,22)12-7-5-4-6-8-12)14(23(2,19)20)10-13(11)16(17)18/h9-10,12H,3-8H2,1-2H3. The normalized spacial score (nSPS) is 17.0. The molecule has 1 aliphatic carbocycles. The molecule has 0 amide bonds. The van der Waals surface area contributed by atoms with Crippen molar-refractivity contribution < 1.29 is 21.6 Å². The molecule has 1 aliphatic rings. The molecule has 8 heteroatoms. The summed E-state index contributed by atoms with van der Waals surface area (Å²) in [5.41, 5.74) is 0.485. The van der Waals surface area contributed by atoms with E-state index < -0.39 is 30.2 Å². The van der Waals surface area contributed by atoms with E-state index in [1.54, 1.807) is 6.92 Å². The van der Waals surface area contributed by atoms with E-state index in [0.717, 1.165) is 31.6 Å². The molecule has 1 fully saturated rings. The fourth-order valence-electron chi connectivity index (χ4n) is 3.14. The van der Waals surface area contributed by atoms with E-state index >= 15 is 0 Å². The molecule has 0 N–H and O–H groups in total. The Balaban J connectivity index is 2.74. The lowest BCUT2D eigenvalue weighted by Gasteiger charge is -2.23. The van der Waals surface area contributed by atoms with Crippen LogP contribution < -0.4 is 0 Å². The predicted octanol–water partition coefficient (Wildman–Crippen LogP) is 3.14. The molecule has 0 saturated heterocycles. The number of rotatable bonds is 5. The van der Waals surface area contributed by atoms with Crippen LogP contribution in [-0.2, 0) is 26.1 Å². The van der Waals surface area contributed by atoms with E-state index in [1.807, 2.05) is 0 Å². The second kappa shape index (κ2) is 7.14. The summed E-state index contributed by atoms with van der Waals surface area (Å²) in [6.07, 6.45) is 5.01. The molecule has 0 heterocycles. The molecule has 2 rings (SSSR count). The van der Waals surface area contributed by atoms with Gasteiger partial charge in [0.15, 0.2) is 19.7 Å². The van der Waals surface area contributed by atoms with Gasteiger partial charge in [0.2, 0.25) is 0 Å². The van der Waals surface area contributed by atoms with Gasteiger partial charge in [0.05, 0.1) is 15.0 Å². The van der Waals surface area contributed by atoms with Crippen molar-refractivity contribution in [3.05, 3.63) is 23.3 Å². The molecule has 0 radical (unpaired) electrons. The zero-order chi connectivity index (χ0) is 18.1. The Kier molecular flexibility index (Phi) is 5.77. The Bertz CT molecular complexity index is 851. The molecule has 1 aromatic rings. The molecule has 134 valence electrons. The van der Waals surface area contributed by atoms with Gasteiger partial charge < -0.3 is 0 Å². The third kappa shape index (κ3) is 3.83. The molecular weight excluding hydrogens is 372 g/mol. The average molecular weight is 393 g/mol. The second-order valence-corrected chi connectivity index (χ2v) is 10.7. The molecule has 5 nitrogen and oxygen atoms in total. The minimum absolute atomic E-state index is 0.0437. The zero-order valence-electron chi connectivity index (χ0n) is 13.7. The quantitative estimate of drug-likeness (QED) is 0.718. The van der Waals surface area contributed by atoms with Gasteiger partial charge in [-0.25, -0.2) is 16.8 Å². The Morgan fingerprint density at radius 2 is 1.67 bits per heavy atom. The smallest absolute Gasteiger partial charge is 0.252 e. The van der Waals surface area contributed by atoms with Crippen molar-refractivity contribution in [2.75, 3.05) is 6.26 Å². The van der Waals surface area contributed by atoms with E-state index in [1.165, 1.54) is 6.07 Å². The number of sulfone groups is 2. The molecule has 1 saturated carbocycles. The highest BCUT2D eigenvalue weighted by atomic mass is 35.5. The summed E-state index contributed by atoms with van der Waals surface area (Å²) >= 11 is 5.54. The van der Waals surface area contributed by atoms with Crippen LogP contribution in [0.15, 0.2) is 21.9 Å². The lowest BCUT2D eigenvalue weighted by atomic mass is 10.0. The van der Waals surface area contributed by atoms with Gasteiger partial charge in [0.1, 0.15) is 0 Å². The van der Waals surface area contributed by atoms with Crippen LogP contribution >= 0.6 is 11.6 Å². The van der Waals surface area contributed by atoms with Gasteiger partial charge in [0.25, 0.3) is 5.24 Å². The number of benzene rings is 1. The fraction of sp³-hybridized carbons (Fsp3) is 0.562. The van der Waals surface area contributed by atoms with Gasteiger partial charge >= 0.3 is 0 Å². The van der Waals surface area contributed by atoms with Crippen LogP contribution in [0.25, 0.3) is 0 Å². The van der Waals surface area contributed by atoms with Crippen LogP contribution in [0.3, 0.4) is 0 Å². The Morgan fingerprint density at radius 3 is 2.12 bits per heavy atom. The lowest BCUT2D eigenvalue weighted by Crippen LogP contribution is -2.26. The van der Waals surface area contributed by atoms with Crippen molar-refractivity contribution in [2.45, 2.75) is 60.5 Å². The third-order valence-electron chi connectivity index (χ3n) is 4.46. The van der Waals surface area contributed by atoms with Gasteiger partial charge in [-0.1, -0.05) is 26.2 Å². The fourth-order valence-corrected chi connectivity index (χ4v) is 6.84. The molecule has 1 aromatic carbocycles. The van der Waals surface area contributed by atoms with Gasteiger partial charge in [-0.15, -0.1) is 0 Å². The van der Waals surface area contributed by atoms with Crippen molar-refractivity contribution in [1.29, 1.82) is 0 Å². The number of halogens is 1. The molecular formula is C16H21ClO5S2. The van der Waals surface area contributed by atoms with Gasteiger partial charge in [-0.05, 0) is 48.6 Å². The van der Waals surface area contributed by atoms with Crippen LogP contribution in [0.4, 0.5) is 0 Å². The second-order valence-electron chi connectivity index (χ2n) is 6.16. The summed E-state index contributed by atoms with van der Waals surface area (Å²) in [6.45, 7) is 1.76. The highest BCUT2D eigenvalue weighted by Crippen LogP contribution is 2.34. The third-order valence-corrected chi connectivity index (χ3v) is 8.23. The number of hydrogen-bond acceptors (Lipinski definition) is 5. The van der Waals surface area contributed by atoms with Gasteiger partial charge in [0, 0.05) is 11.8 Å². The maximum Gasteiger partial charge on any atom is 0.252 e. The molecule has 24 heavy (non-hydrogen) atoms. The van der Waals surface area contributed by atoms with E-state index in [4.69, 9.17) is 11.6 Å². The van der Waals surface area contributed by atoms with Crippen LogP contribution in [-0.4, -0.2) is 33.6 Å². The number of carbonyl (C=O) groups is 1. The zero-order valence-corrected chi connectivity index (χ0v) is 16.1. The highest BCUT2D eigenvalue weighted by molar-refractivity contribution is 7.94. The SMILES string of the molecule is CCc1cc(S(=O)(=O)C2CCCCC2)c(S(C)(=O)=O)cc1C(=O)Cl. The first-order valence-electron chi connectivity index (χ1n) is 7.89. The highest BCUT2D eigenvalue weighted by Gasteiger charge is 2.34. The number of aryl methyl sites for hydroxylation is 1. The maximum absolute atomic E-state index is 13.0. The van der Waals surface area contributed by atoms with Gasteiger partial charge in [-0.3, -0.25) is 4.79 Å². The molecule has 0 spiro atoms. The summed E-state index contributed by atoms with van der Waals surface area (Å²) in [4.78, 5) is 11.1. The molecule has 0 bridgehead atoms. The molecule has 0 unspecified atom stereocenters. The summed E-state index contributed by atoms with van der Waals surface area (Å²) in [5, 5.41) is -1.37. The number of carbonyl (C=O) groups excluding carboxylic acids is 1. The summed E-state index contributed by atoms with van der Waals surface area (Å²) in [5.74, 6) is 0. The van der Waals surface area contributed by atoms with Crippen molar-refractivity contribution >= 4 is 36.5 Å². The minimum Gasteiger partial charge on any atom is -0.276 e. The van der Waals surface area contributed by atoms with E-state index in [2.05, 4.69) is 0 Å². The summed E-state index contributed by atoms with van der Waals surface area (Å²) in [7, 11) is -7.61. The van der Waals surface area contributed by atoms with Crippen LogP contribution in [0.1, 0.15) is 54.9 Å². The van der Waals surface area contributed by atoms with Crippen LogP contribution in [0.2, 0.25) is 0 Å². The Labute approximate surface area is 148 Å². The lowest BCUT2D eigenvalue weighted by molar-refractivity contribution is 0.108. The predicted molar refractivity (Wildman–Crippen MR) is 93.2 cm³/mol. The Hall–Kier alpha value is -0.920. The molecule has 0 aromatic heterocycles. The van der Waals surface area contributed by atoms with Crippen molar-refractivity contribution in [3.63, 3.8) is 0 Å². The summed E-state index contributed by atoms with van der Waals surface area (Å²) < 4.78 is 50.3. The van der Waals surface area contributed by atoms with Crippen molar-refractivity contribution in [1.82, 2.24) is 0 Å². The van der Waals surface area contributed by atoms with E-state index in [-0.39, 0.29) is 15.4 Å². The topological polar surface area (TPSA) is 85.3 Å². The van der Waals surface area contributed by atoms with E-state index in [9.17, 15) is 21.6 Å². The van der Waals surface area contributed by atoms with E-state index in [0.29, 0.717) is 24.8 Å². The first-order valence-corrected chi connectivity index (χ1v) is 11.7. The molecule has 0 atom stereocenters. The summed E-state index contributed by atoms with van der Waals surface area (Å²) in [6, 6.07) is 2.43. The maximum atomic E-state index is 13.0. The largest absolute Gasteiger partial charge is 0.276 e. The first-order chi connectivity index (χ1) is 11.1. The minimum atomic E-state index is -3.83. The molecule has 0 aliphatic heterocycles. The average Bonchev–Trinajstić information content (AvgIpc) is 2.53. The Morgan fingerprint density at radius 1 is 1.08 bits per heavy atom. The number of hydrogen-bond donors (Lipinski definition) is 0. The van der Waals surface area contributed by atoms with Crippen LogP contribution in [0.5, 0.6) is 0 Å². The first kappa shape index (κ1) is 19.4. The van der Waals surface area contributed by atoms with Crippen molar-refractivity contribution in [2.24, 2.45) is 0 Å². The monoisotopic (exact) mass is 392 g/mol. The van der Waals surface area contributed by atoms with Crippen LogP contribution in [0, 0.1) is 0 Å². The van der Waals surface area contributed by atoms with Gasteiger partial charge in [-0.2, -0.15) is 0 Å². The van der Waals surface area contributed by atoms with Crippen molar-refractivity contribution in [3.8, 4) is 0 Å².